The molecule has 0 bridgehead atoms. The van der Waals surface area contributed by atoms with Crippen LogP contribution < -0.4 is 4.74 Å². The molecule has 0 spiro atoms. The number of amides is 1. The van der Waals surface area contributed by atoms with Gasteiger partial charge in [-0.25, -0.2) is 0 Å². The lowest BCUT2D eigenvalue weighted by Crippen LogP contribution is -2.33. The average molecular weight is 339 g/mol. The second-order valence-electron chi connectivity index (χ2n) is 4.57. The van der Waals surface area contributed by atoms with E-state index in [2.05, 4.69) is 15.9 Å². The number of nitriles is 1. The maximum absolute atomic E-state index is 12.0. The first kappa shape index (κ1) is 16.5. The molecule has 4 nitrogen and oxygen atoms in total. The van der Waals surface area contributed by atoms with Crippen LogP contribution >= 0.6 is 15.9 Å². The van der Waals surface area contributed by atoms with Gasteiger partial charge in [0.25, 0.3) is 0 Å². The topological polar surface area (TPSA) is 53.3 Å². The first-order valence-corrected chi connectivity index (χ1v) is 7.29. The van der Waals surface area contributed by atoms with Crippen LogP contribution in [-0.2, 0) is 11.2 Å². The van der Waals surface area contributed by atoms with Gasteiger partial charge in [-0.2, -0.15) is 5.26 Å². The molecule has 0 aliphatic carbocycles. The van der Waals surface area contributed by atoms with Crippen molar-refractivity contribution in [3.63, 3.8) is 0 Å². The number of rotatable bonds is 6. The summed E-state index contributed by atoms with van der Waals surface area (Å²) >= 11 is 3.44. The third-order valence-electron chi connectivity index (χ3n) is 3.19. The van der Waals surface area contributed by atoms with Crippen molar-refractivity contribution in [2.24, 2.45) is 5.92 Å². The summed E-state index contributed by atoms with van der Waals surface area (Å²) in [4.78, 5) is 13.6. The van der Waals surface area contributed by atoms with Crippen molar-refractivity contribution in [3.8, 4) is 11.8 Å². The summed E-state index contributed by atoms with van der Waals surface area (Å²) in [5, 5.41) is 8.91. The molecule has 1 atom stereocenters. The van der Waals surface area contributed by atoms with Crippen LogP contribution in [0.2, 0.25) is 0 Å². The van der Waals surface area contributed by atoms with E-state index in [0.29, 0.717) is 13.0 Å². The molecule has 1 amide bonds. The lowest BCUT2D eigenvalue weighted by atomic mass is 10.1. The molecule has 0 heterocycles. The molecule has 1 aromatic rings. The summed E-state index contributed by atoms with van der Waals surface area (Å²) in [7, 11) is 3.36. The maximum atomic E-state index is 12.0. The number of carbonyl (C=O) groups excluding carboxylic acids is 1. The molecule has 0 saturated heterocycles. The van der Waals surface area contributed by atoms with Crippen LogP contribution in [-0.4, -0.2) is 31.5 Å². The molecule has 0 fully saturated rings. The van der Waals surface area contributed by atoms with E-state index in [9.17, 15) is 4.79 Å². The van der Waals surface area contributed by atoms with Gasteiger partial charge in [0.15, 0.2) is 0 Å². The second kappa shape index (κ2) is 7.91. The highest BCUT2D eigenvalue weighted by molar-refractivity contribution is 9.10. The molecule has 20 heavy (non-hydrogen) atoms. The molecule has 0 aliphatic heterocycles. The van der Waals surface area contributed by atoms with Crippen LogP contribution in [0.5, 0.6) is 5.75 Å². The van der Waals surface area contributed by atoms with Crippen LogP contribution in [0.15, 0.2) is 22.7 Å². The van der Waals surface area contributed by atoms with Gasteiger partial charge in [0, 0.05) is 13.6 Å². The standard InChI is InChI=1S/C15H19BrN2O2/c1-4-12(10-17)15(19)18(2)8-7-11-5-6-14(20-3)13(16)9-11/h5-6,9,12H,4,7-8H2,1-3H3. The number of likely N-dealkylation sites (N-methyl/N-ethyl adjacent to an activating group) is 1. The highest BCUT2D eigenvalue weighted by Gasteiger charge is 2.19. The summed E-state index contributed by atoms with van der Waals surface area (Å²) in [6, 6.07) is 7.89. The molecule has 108 valence electrons. The molecule has 0 aromatic heterocycles. The Morgan fingerprint density at radius 1 is 1.55 bits per heavy atom. The summed E-state index contributed by atoms with van der Waals surface area (Å²) in [6.45, 7) is 2.44. The fourth-order valence-electron chi connectivity index (χ4n) is 1.86. The normalized spacial score (nSPS) is 11.6. The summed E-state index contributed by atoms with van der Waals surface area (Å²) in [5.74, 6) is 0.138. The summed E-state index contributed by atoms with van der Waals surface area (Å²) < 4.78 is 6.07. The first-order valence-electron chi connectivity index (χ1n) is 6.50. The predicted octanol–water partition coefficient (Wildman–Crippen LogP) is 3.01. The lowest BCUT2D eigenvalue weighted by molar-refractivity contribution is -0.132. The molecular weight excluding hydrogens is 320 g/mol. The Morgan fingerprint density at radius 2 is 2.25 bits per heavy atom. The van der Waals surface area contributed by atoms with Crippen molar-refractivity contribution < 1.29 is 9.53 Å². The van der Waals surface area contributed by atoms with Gasteiger partial charge in [-0.3, -0.25) is 4.79 Å². The number of nitrogens with zero attached hydrogens (tertiary/aromatic N) is 2. The third kappa shape index (κ3) is 4.24. The largest absolute Gasteiger partial charge is 0.496 e. The van der Waals surface area contributed by atoms with Crippen molar-refractivity contribution in [1.82, 2.24) is 4.90 Å². The molecular formula is C15H19BrN2O2. The van der Waals surface area contributed by atoms with E-state index in [4.69, 9.17) is 10.00 Å². The van der Waals surface area contributed by atoms with E-state index >= 15 is 0 Å². The minimum Gasteiger partial charge on any atom is -0.496 e. The minimum atomic E-state index is -0.539. The highest BCUT2D eigenvalue weighted by Crippen LogP contribution is 2.25. The van der Waals surface area contributed by atoms with E-state index in [1.54, 1.807) is 19.1 Å². The maximum Gasteiger partial charge on any atom is 0.239 e. The number of hydrogen-bond donors (Lipinski definition) is 0. The quantitative estimate of drug-likeness (QED) is 0.801. The van der Waals surface area contributed by atoms with E-state index in [-0.39, 0.29) is 5.91 Å². The molecule has 1 rings (SSSR count). The fraction of sp³-hybridized carbons (Fsp3) is 0.467. The molecule has 1 aromatic carbocycles. The number of benzene rings is 1. The number of halogens is 1. The number of ether oxygens (including phenoxy) is 1. The fourth-order valence-corrected chi connectivity index (χ4v) is 2.45. The monoisotopic (exact) mass is 338 g/mol. The summed E-state index contributed by atoms with van der Waals surface area (Å²) in [6.07, 6.45) is 1.29. The van der Waals surface area contributed by atoms with Gasteiger partial charge in [-0.1, -0.05) is 13.0 Å². The average Bonchev–Trinajstić information content (AvgIpc) is 2.46. The Labute approximate surface area is 128 Å². The Morgan fingerprint density at radius 3 is 2.75 bits per heavy atom. The van der Waals surface area contributed by atoms with E-state index in [1.807, 2.05) is 31.2 Å². The summed E-state index contributed by atoms with van der Waals surface area (Å²) in [5.41, 5.74) is 1.11. The van der Waals surface area contributed by atoms with E-state index < -0.39 is 5.92 Å². The van der Waals surface area contributed by atoms with Gasteiger partial charge in [0.2, 0.25) is 5.91 Å². The number of hydrogen-bond acceptors (Lipinski definition) is 3. The van der Waals surface area contributed by atoms with Gasteiger partial charge in [0.1, 0.15) is 11.7 Å². The van der Waals surface area contributed by atoms with Crippen LogP contribution in [0.1, 0.15) is 18.9 Å². The van der Waals surface area contributed by atoms with Gasteiger partial charge in [-0.05, 0) is 46.5 Å². The molecule has 0 N–H and O–H groups in total. The van der Waals surface area contributed by atoms with Crippen molar-refractivity contribution in [2.45, 2.75) is 19.8 Å². The molecule has 0 aliphatic rings. The first-order chi connectivity index (χ1) is 9.53. The SMILES string of the molecule is CCC(C#N)C(=O)N(C)CCc1ccc(OC)c(Br)c1. The zero-order valence-electron chi connectivity index (χ0n) is 12.0. The van der Waals surface area contributed by atoms with Crippen LogP contribution in [0.4, 0.5) is 0 Å². The lowest BCUT2D eigenvalue weighted by Gasteiger charge is -2.19. The van der Waals surface area contributed by atoms with E-state index in [1.165, 1.54) is 0 Å². The Kier molecular flexibility index (Phi) is 6.53. The van der Waals surface area contributed by atoms with Crippen molar-refractivity contribution in [2.75, 3.05) is 20.7 Å². The Bertz CT molecular complexity index is 511. The van der Waals surface area contributed by atoms with Crippen LogP contribution in [0.25, 0.3) is 0 Å². The van der Waals surface area contributed by atoms with Crippen LogP contribution in [0, 0.1) is 17.2 Å². The predicted molar refractivity (Wildman–Crippen MR) is 81.4 cm³/mol. The van der Waals surface area contributed by atoms with Crippen molar-refractivity contribution >= 4 is 21.8 Å². The van der Waals surface area contributed by atoms with Crippen LogP contribution in [0.3, 0.4) is 0 Å². The molecule has 0 radical (unpaired) electrons. The zero-order chi connectivity index (χ0) is 15.1. The van der Waals surface area contributed by atoms with Gasteiger partial charge in [-0.15, -0.1) is 0 Å². The third-order valence-corrected chi connectivity index (χ3v) is 3.81. The molecule has 0 saturated carbocycles. The van der Waals surface area contributed by atoms with Gasteiger partial charge >= 0.3 is 0 Å². The molecule has 1 unspecified atom stereocenters. The van der Waals surface area contributed by atoms with Gasteiger partial charge in [0.05, 0.1) is 17.7 Å². The Hall–Kier alpha value is -1.54. The number of carbonyl (C=O) groups is 1. The highest BCUT2D eigenvalue weighted by atomic mass is 79.9. The van der Waals surface area contributed by atoms with Crippen molar-refractivity contribution in [1.29, 1.82) is 5.26 Å². The Balaban J connectivity index is 2.61. The minimum absolute atomic E-state index is 0.109. The zero-order valence-corrected chi connectivity index (χ0v) is 13.6. The molecule has 5 heteroatoms. The number of methoxy groups -OCH3 is 1. The smallest absolute Gasteiger partial charge is 0.239 e. The van der Waals surface area contributed by atoms with E-state index in [0.717, 1.165) is 22.2 Å². The van der Waals surface area contributed by atoms with Gasteiger partial charge < -0.3 is 9.64 Å². The van der Waals surface area contributed by atoms with Crippen molar-refractivity contribution in [3.05, 3.63) is 28.2 Å². The second-order valence-corrected chi connectivity index (χ2v) is 5.42.